The largest absolute Gasteiger partial charge is 0.452 e. The maximum absolute atomic E-state index is 12.4. The summed E-state index contributed by atoms with van der Waals surface area (Å²) in [5, 5.41) is 7.30. The van der Waals surface area contributed by atoms with Crippen LogP contribution in [0.25, 0.3) is 0 Å². The van der Waals surface area contributed by atoms with E-state index < -0.39 is 5.97 Å². The fourth-order valence-electron chi connectivity index (χ4n) is 2.87. The van der Waals surface area contributed by atoms with Crippen molar-refractivity contribution in [1.82, 2.24) is 15.1 Å². The first kappa shape index (κ1) is 19.7. The van der Waals surface area contributed by atoms with Gasteiger partial charge in [-0.1, -0.05) is 44.2 Å². The minimum Gasteiger partial charge on any atom is -0.452 e. The van der Waals surface area contributed by atoms with E-state index in [4.69, 9.17) is 4.74 Å². The third-order valence-electron chi connectivity index (χ3n) is 4.45. The summed E-state index contributed by atoms with van der Waals surface area (Å²) in [5.41, 5.74) is 2.86. The van der Waals surface area contributed by atoms with Crippen LogP contribution in [0.3, 0.4) is 0 Å². The second kappa shape index (κ2) is 9.17. The quantitative estimate of drug-likeness (QED) is 0.737. The molecule has 2 aromatic rings. The van der Waals surface area contributed by atoms with Crippen LogP contribution in [0.15, 0.2) is 30.3 Å². The minimum absolute atomic E-state index is 0.110. The number of hydrogen-bond acceptors (Lipinski definition) is 4. The van der Waals surface area contributed by atoms with E-state index in [2.05, 4.69) is 10.4 Å². The van der Waals surface area contributed by atoms with Gasteiger partial charge in [0.2, 0.25) is 0 Å². The van der Waals surface area contributed by atoms with Gasteiger partial charge in [0.15, 0.2) is 6.61 Å². The predicted octanol–water partition coefficient (Wildman–Crippen LogP) is 3.01. The zero-order chi connectivity index (χ0) is 19.1. The van der Waals surface area contributed by atoms with Crippen LogP contribution < -0.4 is 5.32 Å². The number of carbonyl (C=O) groups is 2. The Morgan fingerprint density at radius 2 is 1.81 bits per heavy atom. The molecule has 1 heterocycles. The lowest BCUT2D eigenvalue weighted by molar-refractivity contribution is -0.125. The molecule has 0 unspecified atom stereocenters. The molecule has 1 aromatic carbocycles. The molecule has 1 aromatic heterocycles. The van der Waals surface area contributed by atoms with E-state index in [1.165, 1.54) is 0 Å². The Morgan fingerprint density at radius 1 is 1.15 bits per heavy atom. The molecule has 6 heteroatoms. The zero-order valence-corrected chi connectivity index (χ0v) is 15.9. The Morgan fingerprint density at radius 3 is 2.42 bits per heavy atom. The number of ether oxygens (including phenoxy) is 1. The fraction of sp³-hybridized carbons (Fsp3) is 0.450. The molecule has 0 spiro atoms. The van der Waals surface area contributed by atoms with Gasteiger partial charge in [-0.3, -0.25) is 9.48 Å². The van der Waals surface area contributed by atoms with Crippen LogP contribution in [-0.4, -0.2) is 34.3 Å². The number of nitrogens with zero attached hydrogens (tertiary/aromatic N) is 2. The second-order valence-corrected chi connectivity index (χ2v) is 6.35. The van der Waals surface area contributed by atoms with Gasteiger partial charge in [0.1, 0.15) is 5.56 Å². The lowest BCUT2D eigenvalue weighted by Crippen LogP contribution is -2.36. The van der Waals surface area contributed by atoms with E-state index in [0.717, 1.165) is 24.1 Å². The van der Waals surface area contributed by atoms with Crippen molar-refractivity contribution in [2.75, 3.05) is 6.61 Å². The Bertz CT molecular complexity index is 749. The van der Waals surface area contributed by atoms with Gasteiger partial charge in [0, 0.05) is 6.04 Å². The van der Waals surface area contributed by atoms with Gasteiger partial charge in [-0.15, -0.1) is 0 Å². The van der Waals surface area contributed by atoms with E-state index in [9.17, 15) is 9.59 Å². The van der Waals surface area contributed by atoms with Gasteiger partial charge in [0.25, 0.3) is 5.91 Å². The van der Waals surface area contributed by atoms with Crippen molar-refractivity contribution in [1.29, 1.82) is 0 Å². The van der Waals surface area contributed by atoms with Crippen molar-refractivity contribution in [3.63, 3.8) is 0 Å². The molecule has 1 amide bonds. The van der Waals surface area contributed by atoms with E-state index in [1.54, 1.807) is 11.6 Å². The summed E-state index contributed by atoms with van der Waals surface area (Å²) in [7, 11) is 0. The van der Waals surface area contributed by atoms with Crippen LogP contribution in [0, 0.1) is 13.8 Å². The average Bonchev–Trinajstić information content (AvgIpc) is 2.92. The van der Waals surface area contributed by atoms with Crippen LogP contribution >= 0.6 is 0 Å². The third kappa shape index (κ3) is 4.94. The molecule has 0 radical (unpaired) electrons. The van der Waals surface area contributed by atoms with Gasteiger partial charge in [-0.05, 0) is 32.3 Å². The molecule has 1 N–H and O–H groups in total. The first-order chi connectivity index (χ1) is 12.5. The number of benzene rings is 1. The summed E-state index contributed by atoms with van der Waals surface area (Å²) in [6.07, 6.45) is 1.70. The maximum atomic E-state index is 12.4. The molecule has 0 saturated carbocycles. The summed E-state index contributed by atoms with van der Waals surface area (Å²) in [6, 6.07) is 10.0. The molecule has 0 atom stereocenters. The van der Waals surface area contributed by atoms with Gasteiger partial charge >= 0.3 is 5.97 Å². The molecule has 140 valence electrons. The lowest BCUT2D eigenvalue weighted by Gasteiger charge is -2.14. The normalized spacial score (nSPS) is 10.8. The van der Waals surface area contributed by atoms with Crippen LogP contribution in [-0.2, 0) is 16.1 Å². The molecule has 0 aliphatic heterocycles. The number of nitrogens with one attached hydrogen (secondary N) is 1. The van der Waals surface area contributed by atoms with Crippen molar-refractivity contribution in [3.05, 3.63) is 52.8 Å². The van der Waals surface area contributed by atoms with Gasteiger partial charge < -0.3 is 10.1 Å². The molecular weight excluding hydrogens is 330 g/mol. The van der Waals surface area contributed by atoms with Crippen molar-refractivity contribution in [2.45, 2.75) is 53.1 Å². The molecular formula is C20H27N3O3. The fourth-order valence-corrected chi connectivity index (χ4v) is 2.87. The van der Waals surface area contributed by atoms with Gasteiger partial charge in [-0.2, -0.15) is 5.10 Å². The minimum atomic E-state index is -0.515. The molecule has 0 aliphatic rings. The average molecular weight is 357 g/mol. The number of amides is 1. The molecule has 0 fully saturated rings. The van der Waals surface area contributed by atoms with Crippen LogP contribution in [0.4, 0.5) is 0 Å². The molecule has 0 bridgehead atoms. The number of aryl methyl sites for hydroxylation is 1. The first-order valence-electron chi connectivity index (χ1n) is 9.00. The lowest BCUT2D eigenvalue weighted by atomic mass is 10.2. The molecule has 0 saturated heterocycles. The Balaban J connectivity index is 2.02. The highest BCUT2D eigenvalue weighted by Gasteiger charge is 2.21. The number of rotatable bonds is 8. The molecule has 6 nitrogen and oxygen atoms in total. The highest BCUT2D eigenvalue weighted by atomic mass is 16.5. The Hall–Kier alpha value is -2.63. The summed E-state index contributed by atoms with van der Waals surface area (Å²) < 4.78 is 6.98. The number of aromatic nitrogens is 2. The summed E-state index contributed by atoms with van der Waals surface area (Å²) in [5.74, 6) is -0.793. The SMILES string of the molecule is CCC(CC)NC(=O)COC(=O)c1c(C)nn(Cc2ccccc2)c1C. The third-order valence-corrected chi connectivity index (χ3v) is 4.45. The van der Waals surface area contributed by atoms with Crippen LogP contribution in [0.5, 0.6) is 0 Å². The van der Waals surface area contributed by atoms with Gasteiger partial charge in [-0.25, -0.2) is 4.79 Å². The van der Waals surface area contributed by atoms with Crippen LogP contribution in [0.2, 0.25) is 0 Å². The zero-order valence-electron chi connectivity index (χ0n) is 15.9. The summed E-state index contributed by atoms with van der Waals surface area (Å²) in [4.78, 5) is 24.3. The van der Waals surface area contributed by atoms with E-state index in [0.29, 0.717) is 17.8 Å². The molecule has 2 rings (SSSR count). The maximum Gasteiger partial charge on any atom is 0.342 e. The topological polar surface area (TPSA) is 73.2 Å². The Kier molecular flexibility index (Phi) is 6.95. The summed E-state index contributed by atoms with van der Waals surface area (Å²) >= 11 is 0. The number of esters is 1. The standard InChI is InChI=1S/C20H27N3O3/c1-5-17(6-2)21-18(24)13-26-20(25)19-14(3)22-23(15(19)4)12-16-10-8-7-9-11-16/h7-11,17H,5-6,12-13H2,1-4H3,(H,21,24). The van der Waals surface area contributed by atoms with Crippen molar-refractivity contribution < 1.29 is 14.3 Å². The molecule has 0 aliphatic carbocycles. The number of hydrogen-bond donors (Lipinski definition) is 1. The van der Waals surface area contributed by atoms with Crippen molar-refractivity contribution in [3.8, 4) is 0 Å². The van der Waals surface area contributed by atoms with Gasteiger partial charge in [0.05, 0.1) is 17.9 Å². The summed E-state index contributed by atoms with van der Waals surface area (Å²) in [6.45, 7) is 7.93. The number of carbonyl (C=O) groups excluding carboxylic acids is 2. The van der Waals surface area contributed by atoms with E-state index in [-0.39, 0.29) is 18.6 Å². The smallest absolute Gasteiger partial charge is 0.342 e. The second-order valence-electron chi connectivity index (χ2n) is 6.35. The van der Waals surface area contributed by atoms with Crippen molar-refractivity contribution in [2.24, 2.45) is 0 Å². The highest BCUT2D eigenvalue weighted by Crippen LogP contribution is 2.16. The highest BCUT2D eigenvalue weighted by molar-refractivity contribution is 5.93. The van der Waals surface area contributed by atoms with E-state index >= 15 is 0 Å². The monoisotopic (exact) mass is 357 g/mol. The van der Waals surface area contributed by atoms with Crippen LogP contribution in [0.1, 0.15) is 54.0 Å². The Labute approximate surface area is 154 Å². The van der Waals surface area contributed by atoms with Crippen molar-refractivity contribution >= 4 is 11.9 Å². The molecule has 26 heavy (non-hydrogen) atoms. The predicted molar refractivity (Wildman–Crippen MR) is 100 cm³/mol. The first-order valence-corrected chi connectivity index (χ1v) is 9.00. The van der Waals surface area contributed by atoms with E-state index in [1.807, 2.05) is 51.1 Å².